The Morgan fingerprint density at radius 1 is 1.13 bits per heavy atom. The molecule has 4 rings (SSSR count). The van der Waals surface area contributed by atoms with Gasteiger partial charge in [-0.25, -0.2) is 0 Å². The number of amides is 1. The average Bonchev–Trinajstić information content (AvgIpc) is 3.41. The number of allylic oxidation sites excluding steroid dienone is 1. The summed E-state index contributed by atoms with van der Waals surface area (Å²) in [6.45, 7) is 9.02. The fraction of sp³-hybridized carbons (Fsp3) is 0.654. The minimum Gasteiger partial charge on any atom is -0.376 e. The SMILES string of the molecule is CC(C)/C=C/C(=O)N(CC1CCN(C2Cc3ccccc3C2)CC1)C[C@@H]1CCCO1. The summed E-state index contributed by atoms with van der Waals surface area (Å²) in [4.78, 5) is 17.6. The van der Waals surface area contributed by atoms with Crippen LogP contribution in [0.25, 0.3) is 0 Å². The standard InChI is InChI=1S/C26H38N2O2/c1-20(2)9-10-26(29)28(19-25-8-5-15-30-25)18-21-11-13-27(14-12-21)24-16-22-6-3-4-7-23(22)17-24/h3-4,6-7,9-10,20-21,24-25H,5,8,11-19H2,1-2H3/b10-9+/t25-/m0/s1. The molecule has 2 fully saturated rings. The third-order valence-electron chi connectivity index (χ3n) is 7.06. The Bertz CT molecular complexity index is 705. The van der Waals surface area contributed by atoms with Gasteiger partial charge in [0.25, 0.3) is 0 Å². The van der Waals surface area contributed by atoms with Crippen molar-refractivity contribution < 1.29 is 9.53 Å². The molecule has 1 amide bonds. The number of piperidine rings is 1. The van der Waals surface area contributed by atoms with Crippen LogP contribution in [0.2, 0.25) is 0 Å². The van der Waals surface area contributed by atoms with Crippen LogP contribution in [0.1, 0.15) is 50.7 Å². The van der Waals surface area contributed by atoms with Gasteiger partial charge in [0.15, 0.2) is 0 Å². The highest BCUT2D eigenvalue weighted by Crippen LogP contribution is 2.29. The molecule has 2 aliphatic heterocycles. The normalized spacial score (nSPS) is 23.5. The predicted octanol–water partition coefficient (Wildman–Crippen LogP) is 4.09. The second-order valence-electron chi connectivity index (χ2n) is 9.79. The van der Waals surface area contributed by atoms with Gasteiger partial charge in [0, 0.05) is 25.7 Å². The first-order chi connectivity index (χ1) is 14.6. The molecule has 0 unspecified atom stereocenters. The van der Waals surface area contributed by atoms with Gasteiger partial charge in [-0.1, -0.05) is 44.2 Å². The van der Waals surface area contributed by atoms with E-state index in [4.69, 9.17) is 4.74 Å². The van der Waals surface area contributed by atoms with Crippen LogP contribution in [-0.2, 0) is 22.4 Å². The number of hydrogen-bond donors (Lipinski definition) is 0. The van der Waals surface area contributed by atoms with Gasteiger partial charge in [0.1, 0.15) is 0 Å². The monoisotopic (exact) mass is 410 g/mol. The van der Waals surface area contributed by atoms with E-state index in [1.165, 1.54) is 36.8 Å². The van der Waals surface area contributed by atoms with E-state index in [-0.39, 0.29) is 12.0 Å². The van der Waals surface area contributed by atoms with Crippen molar-refractivity contribution in [3.63, 3.8) is 0 Å². The molecule has 0 radical (unpaired) electrons. The van der Waals surface area contributed by atoms with Crippen molar-refractivity contribution in [2.75, 3.05) is 32.8 Å². The number of benzene rings is 1. The molecule has 3 aliphatic rings. The summed E-state index contributed by atoms with van der Waals surface area (Å²) in [7, 11) is 0. The first-order valence-electron chi connectivity index (χ1n) is 12.0. The lowest BCUT2D eigenvalue weighted by Gasteiger charge is -2.38. The molecule has 0 N–H and O–H groups in total. The largest absolute Gasteiger partial charge is 0.376 e. The van der Waals surface area contributed by atoms with Gasteiger partial charge in [0.2, 0.25) is 5.91 Å². The van der Waals surface area contributed by atoms with Gasteiger partial charge < -0.3 is 9.64 Å². The zero-order valence-corrected chi connectivity index (χ0v) is 18.8. The summed E-state index contributed by atoms with van der Waals surface area (Å²) in [5, 5.41) is 0. The Labute approximate surface area is 182 Å². The lowest BCUT2D eigenvalue weighted by atomic mass is 9.94. The van der Waals surface area contributed by atoms with Crippen LogP contribution < -0.4 is 0 Å². The number of nitrogens with zero attached hydrogens (tertiary/aromatic N) is 2. The molecule has 0 saturated carbocycles. The zero-order chi connectivity index (χ0) is 20.9. The van der Waals surface area contributed by atoms with E-state index in [9.17, 15) is 4.79 Å². The number of hydrogen-bond acceptors (Lipinski definition) is 3. The minimum atomic E-state index is 0.160. The molecule has 164 valence electrons. The number of likely N-dealkylation sites (tertiary alicyclic amines) is 1. The fourth-order valence-corrected chi connectivity index (χ4v) is 5.27. The summed E-state index contributed by atoms with van der Waals surface area (Å²) in [5.41, 5.74) is 3.07. The summed E-state index contributed by atoms with van der Waals surface area (Å²) in [5.74, 6) is 1.16. The molecule has 4 heteroatoms. The average molecular weight is 411 g/mol. The quantitative estimate of drug-likeness (QED) is 0.635. The predicted molar refractivity (Wildman–Crippen MR) is 121 cm³/mol. The van der Waals surface area contributed by atoms with Crippen LogP contribution in [0.5, 0.6) is 0 Å². The first-order valence-corrected chi connectivity index (χ1v) is 12.0. The Morgan fingerprint density at radius 3 is 2.43 bits per heavy atom. The molecular weight excluding hydrogens is 372 g/mol. The molecule has 1 aromatic carbocycles. The Kier molecular flexibility index (Phi) is 7.27. The van der Waals surface area contributed by atoms with Crippen LogP contribution in [0.15, 0.2) is 36.4 Å². The van der Waals surface area contributed by atoms with E-state index in [0.717, 1.165) is 45.6 Å². The molecule has 4 nitrogen and oxygen atoms in total. The van der Waals surface area contributed by atoms with E-state index >= 15 is 0 Å². The van der Waals surface area contributed by atoms with Crippen molar-refractivity contribution in [2.45, 2.75) is 64.5 Å². The molecule has 1 aliphatic carbocycles. The van der Waals surface area contributed by atoms with Crippen molar-refractivity contribution in [3.05, 3.63) is 47.5 Å². The van der Waals surface area contributed by atoms with E-state index in [1.54, 1.807) is 6.08 Å². The van der Waals surface area contributed by atoms with Crippen LogP contribution in [0.4, 0.5) is 0 Å². The Hall–Kier alpha value is -1.65. The second kappa shape index (κ2) is 10.1. The number of carbonyl (C=O) groups excluding carboxylic acids is 1. The highest BCUT2D eigenvalue weighted by Gasteiger charge is 2.31. The van der Waals surface area contributed by atoms with Gasteiger partial charge in [-0.15, -0.1) is 0 Å². The molecule has 1 atom stereocenters. The second-order valence-corrected chi connectivity index (χ2v) is 9.79. The van der Waals surface area contributed by atoms with Gasteiger partial charge in [-0.2, -0.15) is 0 Å². The molecule has 2 heterocycles. The Morgan fingerprint density at radius 2 is 1.83 bits per heavy atom. The van der Waals surface area contributed by atoms with Crippen molar-refractivity contribution in [1.29, 1.82) is 0 Å². The summed E-state index contributed by atoms with van der Waals surface area (Å²) < 4.78 is 5.84. The number of fused-ring (bicyclic) bond motifs is 1. The van der Waals surface area contributed by atoms with Gasteiger partial charge >= 0.3 is 0 Å². The molecule has 0 aromatic heterocycles. The summed E-state index contributed by atoms with van der Waals surface area (Å²) in [6.07, 6.45) is 11.0. The molecule has 1 aromatic rings. The molecule has 0 bridgehead atoms. The van der Waals surface area contributed by atoms with Crippen molar-refractivity contribution in [3.8, 4) is 0 Å². The molecule has 30 heavy (non-hydrogen) atoms. The van der Waals surface area contributed by atoms with Crippen LogP contribution in [-0.4, -0.2) is 60.6 Å². The molecule has 0 spiro atoms. The number of ether oxygens (including phenoxy) is 1. The Balaban J connectivity index is 1.30. The first kappa shape index (κ1) is 21.6. The lowest BCUT2D eigenvalue weighted by molar-refractivity contribution is -0.128. The number of rotatable bonds is 7. The van der Waals surface area contributed by atoms with Gasteiger partial charge in [-0.05, 0) is 80.7 Å². The fourth-order valence-electron chi connectivity index (χ4n) is 5.27. The highest BCUT2D eigenvalue weighted by atomic mass is 16.5. The maximum Gasteiger partial charge on any atom is 0.246 e. The van der Waals surface area contributed by atoms with E-state index < -0.39 is 0 Å². The van der Waals surface area contributed by atoms with Crippen molar-refractivity contribution in [2.24, 2.45) is 11.8 Å². The maximum absolute atomic E-state index is 12.9. The third kappa shape index (κ3) is 5.53. The maximum atomic E-state index is 12.9. The van der Waals surface area contributed by atoms with E-state index in [1.807, 2.05) is 6.08 Å². The van der Waals surface area contributed by atoms with Crippen LogP contribution >= 0.6 is 0 Å². The smallest absolute Gasteiger partial charge is 0.246 e. The summed E-state index contributed by atoms with van der Waals surface area (Å²) >= 11 is 0. The topological polar surface area (TPSA) is 32.8 Å². The number of carbonyl (C=O) groups is 1. The van der Waals surface area contributed by atoms with Crippen molar-refractivity contribution in [1.82, 2.24) is 9.80 Å². The van der Waals surface area contributed by atoms with E-state index in [2.05, 4.69) is 47.9 Å². The third-order valence-corrected chi connectivity index (χ3v) is 7.06. The molecule has 2 saturated heterocycles. The van der Waals surface area contributed by atoms with Crippen molar-refractivity contribution >= 4 is 5.91 Å². The van der Waals surface area contributed by atoms with Gasteiger partial charge in [0.05, 0.1) is 6.10 Å². The van der Waals surface area contributed by atoms with Gasteiger partial charge in [-0.3, -0.25) is 9.69 Å². The zero-order valence-electron chi connectivity index (χ0n) is 18.8. The van der Waals surface area contributed by atoms with Crippen LogP contribution in [0.3, 0.4) is 0 Å². The van der Waals surface area contributed by atoms with Crippen LogP contribution in [0, 0.1) is 11.8 Å². The molecular formula is C26H38N2O2. The highest BCUT2D eigenvalue weighted by molar-refractivity contribution is 5.87. The summed E-state index contributed by atoms with van der Waals surface area (Å²) in [6, 6.07) is 9.59. The minimum absolute atomic E-state index is 0.160. The van der Waals surface area contributed by atoms with E-state index in [0.29, 0.717) is 17.9 Å². The lowest BCUT2D eigenvalue weighted by Crippen LogP contribution is -2.46.